The molecule has 1 N–H and O–H groups in total. The topological polar surface area (TPSA) is 38.3 Å². The minimum absolute atomic E-state index is 0.248. The molecule has 0 spiro atoms. The summed E-state index contributed by atoms with van der Waals surface area (Å²) in [4.78, 5) is 12.1. The van der Waals surface area contributed by atoms with Crippen LogP contribution in [0.3, 0.4) is 0 Å². The van der Waals surface area contributed by atoms with Crippen molar-refractivity contribution in [1.82, 2.24) is 0 Å². The molecule has 0 saturated carbocycles. The van der Waals surface area contributed by atoms with Gasteiger partial charge in [-0.1, -0.05) is 49.2 Å². The van der Waals surface area contributed by atoms with E-state index >= 15 is 0 Å². The van der Waals surface area contributed by atoms with E-state index in [1.807, 2.05) is 39.0 Å². The molecule has 0 radical (unpaired) electrons. The summed E-state index contributed by atoms with van der Waals surface area (Å²) in [5, 5.41) is 3.49. The van der Waals surface area contributed by atoms with Gasteiger partial charge in [-0.05, 0) is 48.2 Å². The number of carbonyl (C=O) groups is 1. The van der Waals surface area contributed by atoms with Gasteiger partial charge < -0.3 is 4.74 Å². The Labute approximate surface area is 140 Å². The van der Waals surface area contributed by atoms with Crippen molar-refractivity contribution in [3.05, 3.63) is 57.6 Å². The summed E-state index contributed by atoms with van der Waals surface area (Å²) in [6, 6.07) is 10.6. The van der Waals surface area contributed by atoms with Gasteiger partial charge in [0.2, 0.25) is 0 Å². The Kier molecular flexibility index (Phi) is 5.33. The first-order valence-electron chi connectivity index (χ1n) is 6.91. The van der Waals surface area contributed by atoms with Crippen molar-refractivity contribution in [1.29, 1.82) is 0 Å². The molecular formula is C17H17Cl2NO2. The molecule has 0 aromatic heterocycles. The van der Waals surface area contributed by atoms with Crippen LogP contribution in [-0.4, -0.2) is 6.09 Å². The van der Waals surface area contributed by atoms with E-state index in [4.69, 9.17) is 27.9 Å². The summed E-state index contributed by atoms with van der Waals surface area (Å²) in [7, 11) is 0. The Balaban J connectivity index is 2.19. The van der Waals surface area contributed by atoms with E-state index in [0.717, 1.165) is 11.1 Å². The van der Waals surface area contributed by atoms with Crippen molar-refractivity contribution in [2.24, 2.45) is 0 Å². The lowest BCUT2D eigenvalue weighted by atomic mass is 10.0. The molecule has 2 rings (SSSR count). The van der Waals surface area contributed by atoms with Gasteiger partial charge in [0.05, 0.1) is 10.7 Å². The van der Waals surface area contributed by atoms with Crippen LogP contribution in [0.15, 0.2) is 36.4 Å². The first-order chi connectivity index (χ1) is 10.4. The molecule has 0 fully saturated rings. The van der Waals surface area contributed by atoms with E-state index in [9.17, 15) is 4.79 Å². The number of rotatable bonds is 3. The van der Waals surface area contributed by atoms with Gasteiger partial charge in [-0.3, -0.25) is 5.32 Å². The standard InChI is InChI=1S/C17H17Cl2NO2/c1-10(2)13-6-4-11(3)8-16(13)22-17(21)20-15-9-12(18)5-7-14(15)19/h4-10H,1-3H3,(H,20,21). The van der Waals surface area contributed by atoms with Crippen molar-refractivity contribution in [3.63, 3.8) is 0 Å². The van der Waals surface area contributed by atoms with Gasteiger partial charge >= 0.3 is 6.09 Å². The largest absolute Gasteiger partial charge is 0.417 e. The maximum Gasteiger partial charge on any atom is 0.417 e. The number of benzene rings is 2. The Morgan fingerprint density at radius 2 is 1.86 bits per heavy atom. The normalized spacial score (nSPS) is 10.6. The fourth-order valence-corrected chi connectivity index (χ4v) is 2.37. The van der Waals surface area contributed by atoms with Crippen molar-refractivity contribution < 1.29 is 9.53 Å². The average Bonchev–Trinajstić information content (AvgIpc) is 2.42. The van der Waals surface area contributed by atoms with Gasteiger partial charge in [-0.2, -0.15) is 0 Å². The monoisotopic (exact) mass is 337 g/mol. The van der Waals surface area contributed by atoms with Crippen LogP contribution in [0, 0.1) is 6.92 Å². The molecule has 0 bridgehead atoms. The number of halogens is 2. The molecule has 5 heteroatoms. The van der Waals surface area contributed by atoms with Crippen molar-refractivity contribution >= 4 is 35.0 Å². The average molecular weight is 338 g/mol. The number of nitrogens with one attached hydrogen (secondary N) is 1. The second kappa shape index (κ2) is 7.03. The lowest BCUT2D eigenvalue weighted by Crippen LogP contribution is -2.18. The third kappa shape index (κ3) is 4.15. The highest BCUT2D eigenvalue weighted by Gasteiger charge is 2.13. The highest BCUT2D eigenvalue weighted by Crippen LogP contribution is 2.29. The predicted molar refractivity (Wildman–Crippen MR) is 91.4 cm³/mol. The lowest BCUT2D eigenvalue weighted by Gasteiger charge is -2.14. The molecule has 0 saturated heterocycles. The maximum absolute atomic E-state index is 12.1. The third-order valence-electron chi connectivity index (χ3n) is 3.16. The van der Waals surface area contributed by atoms with E-state index in [0.29, 0.717) is 21.5 Å². The number of aryl methyl sites for hydroxylation is 1. The fourth-order valence-electron chi connectivity index (χ4n) is 2.04. The molecule has 0 aliphatic rings. The lowest BCUT2D eigenvalue weighted by molar-refractivity contribution is 0.214. The highest BCUT2D eigenvalue weighted by atomic mass is 35.5. The Bertz CT molecular complexity index is 699. The molecule has 2 aromatic carbocycles. The Morgan fingerprint density at radius 1 is 1.14 bits per heavy atom. The molecule has 0 heterocycles. The zero-order valence-corrected chi connectivity index (χ0v) is 14.1. The van der Waals surface area contributed by atoms with Crippen LogP contribution >= 0.6 is 23.2 Å². The number of ether oxygens (including phenoxy) is 1. The van der Waals surface area contributed by atoms with E-state index in [-0.39, 0.29) is 5.92 Å². The smallest absolute Gasteiger partial charge is 0.410 e. The molecule has 1 amide bonds. The summed E-state index contributed by atoms with van der Waals surface area (Å²) < 4.78 is 5.43. The fraction of sp³-hybridized carbons (Fsp3) is 0.235. The van der Waals surface area contributed by atoms with Crippen LogP contribution in [0.5, 0.6) is 5.75 Å². The first-order valence-corrected chi connectivity index (χ1v) is 7.67. The molecule has 0 atom stereocenters. The molecule has 3 nitrogen and oxygen atoms in total. The summed E-state index contributed by atoms with van der Waals surface area (Å²) >= 11 is 11.9. The zero-order valence-electron chi connectivity index (χ0n) is 12.6. The van der Waals surface area contributed by atoms with Gasteiger partial charge in [0.15, 0.2) is 0 Å². The zero-order chi connectivity index (χ0) is 16.3. The maximum atomic E-state index is 12.1. The number of amides is 1. The quantitative estimate of drug-likeness (QED) is 0.741. The van der Waals surface area contributed by atoms with E-state index in [2.05, 4.69) is 5.32 Å². The molecular weight excluding hydrogens is 321 g/mol. The minimum Gasteiger partial charge on any atom is -0.410 e. The number of hydrogen-bond donors (Lipinski definition) is 1. The van der Waals surface area contributed by atoms with Gasteiger partial charge in [-0.25, -0.2) is 4.79 Å². The SMILES string of the molecule is Cc1ccc(C(C)C)c(OC(=O)Nc2cc(Cl)ccc2Cl)c1. The van der Waals surface area contributed by atoms with Gasteiger partial charge in [-0.15, -0.1) is 0 Å². The predicted octanol–water partition coefficient (Wildman–Crippen LogP) is 6.04. The number of carbonyl (C=O) groups excluding carboxylic acids is 1. The summed E-state index contributed by atoms with van der Waals surface area (Å²) in [6.45, 7) is 6.04. The Morgan fingerprint density at radius 3 is 2.55 bits per heavy atom. The van der Waals surface area contributed by atoms with E-state index in [1.54, 1.807) is 18.2 Å². The van der Waals surface area contributed by atoms with E-state index in [1.165, 1.54) is 0 Å². The van der Waals surface area contributed by atoms with Gasteiger partial charge in [0.1, 0.15) is 5.75 Å². The molecule has 22 heavy (non-hydrogen) atoms. The number of anilines is 1. The summed E-state index contributed by atoms with van der Waals surface area (Å²) in [5.41, 5.74) is 2.41. The van der Waals surface area contributed by atoms with Gasteiger partial charge in [0, 0.05) is 5.02 Å². The van der Waals surface area contributed by atoms with Crippen molar-refractivity contribution in [2.45, 2.75) is 26.7 Å². The van der Waals surface area contributed by atoms with Crippen LogP contribution in [0.1, 0.15) is 30.9 Å². The van der Waals surface area contributed by atoms with Crippen LogP contribution < -0.4 is 10.1 Å². The van der Waals surface area contributed by atoms with Crippen LogP contribution in [-0.2, 0) is 0 Å². The molecule has 116 valence electrons. The van der Waals surface area contributed by atoms with Crippen molar-refractivity contribution in [3.8, 4) is 5.75 Å². The van der Waals surface area contributed by atoms with Gasteiger partial charge in [0.25, 0.3) is 0 Å². The summed E-state index contributed by atoms with van der Waals surface area (Å²) in [6.07, 6.45) is -0.600. The Hall–Kier alpha value is -1.71. The molecule has 0 aliphatic carbocycles. The molecule has 0 unspecified atom stereocenters. The van der Waals surface area contributed by atoms with Crippen LogP contribution in [0.25, 0.3) is 0 Å². The second-order valence-corrected chi connectivity index (χ2v) is 6.18. The van der Waals surface area contributed by atoms with Crippen LogP contribution in [0.2, 0.25) is 10.0 Å². The number of hydrogen-bond acceptors (Lipinski definition) is 2. The van der Waals surface area contributed by atoms with Crippen molar-refractivity contribution in [2.75, 3.05) is 5.32 Å². The van der Waals surface area contributed by atoms with Crippen LogP contribution in [0.4, 0.5) is 10.5 Å². The summed E-state index contributed by atoms with van der Waals surface area (Å²) in [5.74, 6) is 0.795. The van der Waals surface area contributed by atoms with E-state index < -0.39 is 6.09 Å². The second-order valence-electron chi connectivity index (χ2n) is 5.33. The molecule has 2 aromatic rings. The first kappa shape index (κ1) is 16.7. The third-order valence-corrected chi connectivity index (χ3v) is 3.72. The molecule has 0 aliphatic heterocycles. The minimum atomic E-state index is -0.600. The highest BCUT2D eigenvalue weighted by molar-refractivity contribution is 6.35.